The van der Waals surface area contributed by atoms with Gasteiger partial charge in [-0.15, -0.1) is 0 Å². The first kappa shape index (κ1) is 14.4. The highest BCUT2D eigenvalue weighted by atomic mass is 19.1. The lowest BCUT2D eigenvalue weighted by atomic mass is 10.1. The molecule has 1 aromatic rings. The zero-order valence-corrected chi connectivity index (χ0v) is 10.9. The van der Waals surface area contributed by atoms with Gasteiger partial charge in [-0.1, -0.05) is 0 Å². The van der Waals surface area contributed by atoms with Crippen LogP contribution in [0, 0.1) is 12.7 Å². The molecule has 0 heterocycles. The van der Waals surface area contributed by atoms with Crippen molar-refractivity contribution in [2.24, 2.45) is 0 Å². The van der Waals surface area contributed by atoms with Gasteiger partial charge in [0.05, 0.1) is 18.3 Å². The Kier molecular flexibility index (Phi) is 5.09. The van der Waals surface area contributed by atoms with Gasteiger partial charge >= 0.3 is 0 Å². The van der Waals surface area contributed by atoms with Gasteiger partial charge in [-0.2, -0.15) is 0 Å². The molecule has 5 heteroatoms. The zero-order chi connectivity index (χ0) is 13.7. The van der Waals surface area contributed by atoms with Crippen LogP contribution in [0.4, 0.5) is 10.1 Å². The molecule has 0 saturated heterocycles. The smallest absolute Gasteiger partial charge is 0.254 e. The lowest BCUT2D eigenvalue weighted by Crippen LogP contribution is -2.29. The number of hydrogen-bond donors (Lipinski definition) is 2. The van der Waals surface area contributed by atoms with Crippen molar-refractivity contribution >= 4 is 11.6 Å². The van der Waals surface area contributed by atoms with Crippen molar-refractivity contribution in [3.8, 4) is 0 Å². The summed E-state index contributed by atoms with van der Waals surface area (Å²) in [5.74, 6) is -1.01. The van der Waals surface area contributed by atoms with Gasteiger partial charge in [0.2, 0.25) is 0 Å². The number of anilines is 1. The Morgan fingerprint density at radius 2 is 2.17 bits per heavy atom. The molecule has 0 unspecified atom stereocenters. The lowest BCUT2D eigenvalue weighted by molar-refractivity contribution is 0.0745. The van der Waals surface area contributed by atoms with E-state index in [1.807, 2.05) is 13.8 Å². The first-order valence-electron chi connectivity index (χ1n) is 5.87. The van der Waals surface area contributed by atoms with E-state index in [0.29, 0.717) is 24.4 Å². The molecule has 0 aliphatic rings. The van der Waals surface area contributed by atoms with Crippen LogP contribution in [0.1, 0.15) is 29.8 Å². The van der Waals surface area contributed by atoms with Gasteiger partial charge < -0.3 is 15.8 Å². The average molecular weight is 254 g/mol. The summed E-state index contributed by atoms with van der Waals surface area (Å²) in [5.41, 5.74) is 6.29. The fourth-order valence-corrected chi connectivity index (χ4v) is 1.52. The number of hydrogen-bond acceptors (Lipinski definition) is 3. The number of carbonyl (C=O) groups is 1. The predicted octanol–water partition coefficient (Wildman–Crippen LogP) is 1.87. The molecular weight excluding hydrogens is 235 g/mol. The molecule has 18 heavy (non-hydrogen) atoms. The van der Waals surface area contributed by atoms with Crippen LogP contribution in [0.15, 0.2) is 12.1 Å². The molecule has 100 valence electrons. The molecule has 0 atom stereocenters. The third-order valence-electron chi connectivity index (χ3n) is 2.36. The standard InChI is InChI=1S/C13H19FN2O2/c1-8(2)18-5-4-16-13(17)11-7-10(15)6-9(3)12(11)14/h6-8H,4-5,15H2,1-3H3,(H,16,17). The van der Waals surface area contributed by atoms with Crippen LogP contribution in [0.3, 0.4) is 0 Å². The minimum Gasteiger partial charge on any atom is -0.399 e. The quantitative estimate of drug-likeness (QED) is 0.623. The molecule has 1 aromatic carbocycles. The number of nitrogens with two attached hydrogens (primary N) is 1. The molecule has 0 aromatic heterocycles. The van der Waals surface area contributed by atoms with Crippen molar-refractivity contribution in [3.63, 3.8) is 0 Å². The van der Waals surface area contributed by atoms with E-state index in [1.54, 1.807) is 6.92 Å². The van der Waals surface area contributed by atoms with Crippen molar-refractivity contribution in [1.82, 2.24) is 5.32 Å². The number of nitrogens with one attached hydrogen (secondary N) is 1. The van der Waals surface area contributed by atoms with Gasteiger partial charge in [0.1, 0.15) is 5.82 Å². The number of benzene rings is 1. The number of ether oxygens (including phenoxy) is 1. The molecule has 0 bridgehead atoms. The van der Waals surface area contributed by atoms with Crippen LogP contribution in [0.25, 0.3) is 0 Å². The second-order valence-corrected chi connectivity index (χ2v) is 4.37. The van der Waals surface area contributed by atoms with E-state index >= 15 is 0 Å². The molecular formula is C13H19FN2O2. The number of carbonyl (C=O) groups excluding carboxylic acids is 1. The number of rotatable bonds is 5. The Morgan fingerprint density at radius 1 is 1.50 bits per heavy atom. The second-order valence-electron chi connectivity index (χ2n) is 4.37. The van der Waals surface area contributed by atoms with Crippen LogP contribution in [-0.4, -0.2) is 25.2 Å². The Hall–Kier alpha value is -1.62. The number of aryl methyl sites for hydroxylation is 1. The summed E-state index contributed by atoms with van der Waals surface area (Å²) in [6.07, 6.45) is 0.105. The maximum Gasteiger partial charge on any atom is 0.254 e. The van der Waals surface area contributed by atoms with Crippen molar-refractivity contribution in [3.05, 3.63) is 29.1 Å². The Bertz CT molecular complexity index is 433. The monoisotopic (exact) mass is 254 g/mol. The Morgan fingerprint density at radius 3 is 2.78 bits per heavy atom. The molecule has 0 aliphatic heterocycles. The summed E-state index contributed by atoms with van der Waals surface area (Å²) in [6.45, 7) is 6.12. The van der Waals surface area contributed by atoms with E-state index in [2.05, 4.69) is 5.32 Å². The van der Waals surface area contributed by atoms with Gasteiger partial charge in [-0.3, -0.25) is 4.79 Å². The summed E-state index contributed by atoms with van der Waals surface area (Å²) < 4.78 is 19.0. The largest absolute Gasteiger partial charge is 0.399 e. The minimum absolute atomic E-state index is 0.0305. The number of nitrogen functional groups attached to an aromatic ring is 1. The van der Waals surface area contributed by atoms with Crippen molar-refractivity contribution < 1.29 is 13.9 Å². The topological polar surface area (TPSA) is 64.4 Å². The maximum atomic E-state index is 13.7. The van der Waals surface area contributed by atoms with E-state index < -0.39 is 11.7 Å². The van der Waals surface area contributed by atoms with Crippen LogP contribution in [0.2, 0.25) is 0 Å². The molecule has 1 rings (SSSR count). The average Bonchev–Trinajstić information content (AvgIpc) is 2.28. The van der Waals surface area contributed by atoms with Crippen molar-refractivity contribution in [2.45, 2.75) is 26.9 Å². The fraction of sp³-hybridized carbons (Fsp3) is 0.462. The normalized spacial score (nSPS) is 10.7. The highest BCUT2D eigenvalue weighted by Gasteiger charge is 2.14. The van der Waals surface area contributed by atoms with E-state index in [9.17, 15) is 9.18 Å². The molecule has 0 spiro atoms. The molecule has 0 fully saturated rings. The van der Waals surface area contributed by atoms with Crippen LogP contribution >= 0.6 is 0 Å². The summed E-state index contributed by atoms with van der Waals surface area (Å²) in [4.78, 5) is 11.8. The van der Waals surface area contributed by atoms with E-state index in [4.69, 9.17) is 10.5 Å². The van der Waals surface area contributed by atoms with Gasteiger partial charge in [-0.05, 0) is 38.5 Å². The highest BCUT2D eigenvalue weighted by Crippen LogP contribution is 2.16. The minimum atomic E-state index is -0.536. The summed E-state index contributed by atoms with van der Waals surface area (Å²) >= 11 is 0. The number of halogens is 1. The summed E-state index contributed by atoms with van der Waals surface area (Å²) in [5, 5.41) is 2.59. The first-order chi connectivity index (χ1) is 8.41. The SMILES string of the molecule is Cc1cc(N)cc(C(=O)NCCOC(C)C)c1F. The molecule has 4 nitrogen and oxygen atoms in total. The van der Waals surface area contributed by atoms with E-state index in [0.717, 1.165) is 0 Å². The van der Waals surface area contributed by atoms with Crippen LogP contribution < -0.4 is 11.1 Å². The van der Waals surface area contributed by atoms with Crippen molar-refractivity contribution in [1.29, 1.82) is 0 Å². The fourth-order valence-electron chi connectivity index (χ4n) is 1.52. The first-order valence-corrected chi connectivity index (χ1v) is 5.87. The van der Waals surface area contributed by atoms with Gasteiger partial charge in [0, 0.05) is 12.2 Å². The van der Waals surface area contributed by atoms with Gasteiger partial charge in [0.25, 0.3) is 5.91 Å². The van der Waals surface area contributed by atoms with E-state index in [1.165, 1.54) is 12.1 Å². The highest BCUT2D eigenvalue weighted by molar-refractivity contribution is 5.95. The molecule has 0 radical (unpaired) electrons. The second kappa shape index (κ2) is 6.35. The molecule has 0 aliphatic carbocycles. The Labute approximate surface area is 106 Å². The third-order valence-corrected chi connectivity index (χ3v) is 2.36. The van der Waals surface area contributed by atoms with Crippen LogP contribution in [-0.2, 0) is 4.74 Å². The van der Waals surface area contributed by atoms with Crippen LogP contribution in [0.5, 0.6) is 0 Å². The molecule has 0 saturated carbocycles. The summed E-state index contributed by atoms with van der Waals surface area (Å²) in [6, 6.07) is 2.83. The maximum absolute atomic E-state index is 13.7. The van der Waals surface area contributed by atoms with E-state index in [-0.39, 0.29) is 11.7 Å². The molecule has 3 N–H and O–H groups in total. The third kappa shape index (κ3) is 4.00. The predicted molar refractivity (Wildman–Crippen MR) is 69.0 cm³/mol. The summed E-state index contributed by atoms with van der Waals surface area (Å²) in [7, 11) is 0. The molecule has 1 amide bonds. The van der Waals surface area contributed by atoms with Gasteiger partial charge in [-0.25, -0.2) is 4.39 Å². The number of amides is 1. The van der Waals surface area contributed by atoms with Gasteiger partial charge in [0.15, 0.2) is 0 Å². The Balaban J connectivity index is 2.62. The lowest BCUT2D eigenvalue weighted by Gasteiger charge is -2.10. The van der Waals surface area contributed by atoms with Crippen molar-refractivity contribution in [2.75, 3.05) is 18.9 Å². The zero-order valence-electron chi connectivity index (χ0n) is 10.9.